The molecule has 1 fully saturated rings. The summed E-state index contributed by atoms with van der Waals surface area (Å²) in [5, 5.41) is 8.04. The molecule has 11 rings (SSSR count). The molecule has 8 heterocycles. The monoisotopic (exact) mass is 1060 g/mol. The summed E-state index contributed by atoms with van der Waals surface area (Å²) in [7, 11) is -4.10. The third kappa shape index (κ3) is 9.83. The molecule has 4 N–H and O–H groups in total. The van der Waals surface area contributed by atoms with Crippen molar-refractivity contribution in [2.75, 3.05) is 74.0 Å². The molecule has 14 nitrogen and oxygen atoms in total. The van der Waals surface area contributed by atoms with Crippen LogP contribution in [0.15, 0.2) is 93.9 Å². The largest absolute Gasteiger partial charge is 0.769 e. The lowest BCUT2D eigenvalue weighted by molar-refractivity contribution is -0.445. The van der Waals surface area contributed by atoms with Gasteiger partial charge in [0.15, 0.2) is 12.3 Å². The summed E-state index contributed by atoms with van der Waals surface area (Å²) in [5.74, 6) is -0.125. The maximum atomic E-state index is 13.9. The maximum Gasteiger partial charge on any atom is 0.258 e. The van der Waals surface area contributed by atoms with Crippen LogP contribution in [0.25, 0.3) is 0 Å². The van der Waals surface area contributed by atoms with E-state index >= 15 is 0 Å². The number of fused-ring (bicyclic) bond motifs is 10. The number of hydrogen-bond acceptors (Lipinski definition) is 11. The number of amides is 3. The predicted molar refractivity (Wildman–Crippen MR) is 298 cm³/mol. The van der Waals surface area contributed by atoms with Crippen LogP contribution in [0, 0.1) is 6.92 Å². The van der Waals surface area contributed by atoms with Gasteiger partial charge in [0.1, 0.15) is 0 Å². The fourth-order valence-corrected chi connectivity index (χ4v) is 14.6. The van der Waals surface area contributed by atoms with Crippen LogP contribution < -0.4 is 20.4 Å². The molecular formula is C59H73N7O7S2. The number of anilines is 4. The smallest absolute Gasteiger partial charge is 0.258 e. The first-order chi connectivity index (χ1) is 36.0. The highest BCUT2D eigenvalue weighted by Crippen LogP contribution is 2.55. The highest BCUT2D eigenvalue weighted by Gasteiger charge is 2.54. The number of allylic oxidation sites excluding steroid dienone is 1. The highest BCUT2D eigenvalue weighted by atomic mass is 32.3. The SMILES string of the molecule is Cc1scc2c1N(C(=O)CN1CCN(CCCCCCCCCCNC(=O)Cc3ccc4c(c3)C(C)(C)C3=C5C=C6C7=[N+](CCC6OC5CCN34)c3ccc(S([O-])(O)O)cc3C7(C)C)CC1)c1ccccc1NC2=O. The lowest BCUT2D eigenvalue weighted by Gasteiger charge is -2.42. The van der Waals surface area contributed by atoms with E-state index in [0.717, 1.165) is 110 Å². The van der Waals surface area contributed by atoms with E-state index in [2.05, 4.69) is 81.9 Å². The Hall–Kier alpha value is -5.17. The summed E-state index contributed by atoms with van der Waals surface area (Å²) < 4.78 is 41.6. The molecule has 3 amide bonds. The van der Waals surface area contributed by atoms with E-state index < -0.39 is 16.3 Å². The molecule has 4 aromatic rings. The number of nitrogens with zero attached hydrogens (tertiary/aromatic N) is 5. The van der Waals surface area contributed by atoms with Crippen LogP contribution in [0.5, 0.6) is 0 Å². The summed E-state index contributed by atoms with van der Waals surface area (Å²) in [5.41, 5.74) is 12.0. The first-order valence-corrected chi connectivity index (χ1v) is 29.7. The van der Waals surface area contributed by atoms with Gasteiger partial charge in [-0.2, -0.15) is 4.58 Å². The molecule has 1 aromatic heterocycles. The summed E-state index contributed by atoms with van der Waals surface area (Å²) in [6.45, 7) is 18.2. The molecule has 0 bridgehead atoms. The Morgan fingerprint density at radius 3 is 2.36 bits per heavy atom. The van der Waals surface area contributed by atoms with Gasteiger partial charge >= 0.3 is 0 Å². The number of benzene rings is 3. The Bertz CT molecular complexity index is 3020. The van der Waals surface area contributed by atoms with Gasteiger partial charge in [-0.3, -0.25) is 24.2 Å². The number of nitrogens with one attached hydrogen (secondary N) is 2. The van der Waals surface area contributed by atoms with Crippen LogP contribution in [0.1, 0.15) is 124 Å². The van der Waals surface area contributed by atoms with Crippen molar-refractivity contribution in [1.29, 1.82) is 0 Å². The van der Waals surface area contributed by atoms with Gasteiger partial charge < -0.3 is 38.8 Å². The summed E-state index contributed by atoms with van der Waals surface area (Å²) in [6.07, 6.45) is 13.8. The summed E-state index contributed by atoms with van der Waals surface area (Å²) in [6, 6.07) is 19.2. The molecule has 1 saturated heterocycles. The van der Waals surface area contributed by atoms with Crippen LogP contribution in [0.2, 0.25) is 0 Å². The van der Waals surface area contributed by atoms with E-state index in [1.807, 2.05) is 42.6 Å². The summed E-state index contributed by atoms with van der Waals surface area (Å²) >= 11 is 1.50. The predicted octanol–water partition coefficient (Wildman–Crippen LogP) is 10.6. The van der Waals surface area contributed by atoms with Gasteiger partial charge in [-0.1, -0.05) is 87.5 Å². The average Bonchev–Trinajstić information content (AvgIpc) is 4.05. The van der Waals surface area contributed by atoms with Gasteiger partial charge in [0, 0.05) is 100 Å². The zero-order valence-electron chi connectivity index (χ0n) is 44.2. The minimum Gasteiger partial charge on any atom is -0.769 e. The number of rotatable bonds is 16. The quantitative estimate of drug-likeness (QED) is 0.0627. The Kier molecular flexibility index (Phi) is 14.3. The van der Waals surface area contributed by atoms with E-state index in [1.54, 1.807) is 17.0 Å². The van der Waals surface area contributed by atoms with Gasteiger partial charge in [-0.15, -0.1) is 11.3 Å². The van der Waals surface area contributed by atoms with Crippen LogP contribution in [-0.2, 0) is 31.6 Å². The first kappa shape index (κ1) is 51.9. The lowest BCUT2D eigenvalue weighted by Crippen LogP contribution is -2.49. The second kappa shape index (κ2) is 20.7. The molecule has 398 valence electrons. The molecule has 0 radical (unpaired) electrons. The fourth-order valence-electron chi connectivity index (χ4n) is 13.3. The number of piperazine rings is 1. The van der Waals surface area contributed by atoms with Crippen LogP contribution in [0.4, 0.5) is 28.4 Å². The van der Waals surface area contributed by atoms with Crippen LogP contribution in [0.3, 0.4) is 0 Å². The highest BCUT2D eigenvalue weighted by molar-refractivity contribution is 8.19. The minimum absolute atomic E-state index is 0.00894. The molecule has 75 heavy (non-hydrogen) atoms. The molecule has 3 aromatic carbocycles. The van der Waals surface area contributed by atoms with E-state index in [-0.39, 0.29) is 40.2 Å². The third-order valence-corrected chi connectivity index (χ3v) is 18.8. The van der Waals surface area contributed by atoms with Crippen LogP contribution >= 0.6 is 22.2 Å². The molecular weight excluding hydrogens is 983 g/mol. The maximum absolute atomic E-state index is 13.9. The van der Waals surface area contributed by atoms with Crippen molar-refractivity contribution < 1.29 is 37.4 Å². The summed E-state index contributed by atoms with van der Waals surface area (Å²) in [4.78, 5) is 50.2. The number of hydrogen-bond donors (Lipinski definition) is 4. The van der Waals surface area contributed by atoms with Gasteiger partial charge in [-0.25, -0.2) is 0 Å². The zero-order valence-corrected chi connectivity index (χ0v) is 45.8. The molecule has 16 heteroatoms. The molecule has 7 aliphatic heterocycles. The number of carbonyl (C=O) groups is 3. The molecule has 2 atom stereocenters. The topological polar surface area (TPSA) is 164 Å². The standard InChI is InChI=1S/C59H73N7O7S2/c1-38-54-43(37-74-38)57(69)61-46-16-12-13-17-49(46)66(54)53(68)36-63-30-28-62(29-31-63)25-15-11-9-7-6-8-10-14-24-60-52(67)33-39-18-20-47-44(32-39)58(2,3)55-41-35-42-51(73-50(41)22-26-64(47)55)23-27-65-48-21-19-40(75(70,71)72)34-45(48)59(4,5)56(42)65/h12-13,16-21,32,34-35,37,50-51H,6-11,14-15,22-31,33,36H2,1-5H3,(H4-,60,61,67,69,70,71,72). The van der Waals surface area contributed by atoms with E-state index in [4.69, 9.17) is 4.74 Å². The van der Waals surface area contributed by atoms with Crippen molar-refractivity contribution in [1.82, 2.24) is 15.1 Å². The third-order valence-electron chi connectivity index (χ3n) is 17.1. The fraction of sp³-hybridized carbons (Fsp3) is 0.492. The molecule has 0 saturated carbocycles. The van der Waals surface area contributed by atoms with E-state index in [0.29, 0.717) is 36.4 Å². The van der Waals surface area contributed by atoms with Crippen molar-refractivity contribution in [3.8, 4) is 0 Å². The lowest BCUT2D eigenvalue weighted by atomic mass is 9.74. The molecule has 2 unspecified atom stereocenters. The minimum atomic E-state index is -4.10. The Balaban J connectivity index is 0.600. The van der Waals surface area contributed by atoms with Crippen LogP contribution in [-0.4, -0.2) is 123 Å². The normalized spacial score (nSPS) is 21.7. The Morgan fingerprint density at radius 1 is 0.853 bits per heavy atom. The number of ether oxygens (including phenoxy) is 1. The Morgan fingerprint density at radius 2 is 1.59 bits per heavy atom. The number of para-hydroxylation sites is 2. The molecule has 0 aliphatic carbocycles. The molecule has 0 spiro atoms. The second-order valence-electron chi connectivity index (χ2n) is 22.8. The van der Waals surface area contributed by atoms with Gasteiger partial charge in [0.25, 0.3) is 5.91 Å². The molecule has 7 aliphatic rings. The van der Waals surface area contributed by atoms with E-state index in [1.165, 1.54) is 72.4 Å². The number of thiophene rings is 1. The van der Waals surface area contributed by atoms with E-state index in [9.17, 15) is 28.0 Å². The second-order valence-corrected chi connectivity index (χ2v) is 25.3. The van der Waals surface area contributed by atoms with Crippen molar-refractivity contribution in [2.45, 2.75) is 133 Å². The number of carbonyl (C=O) groups excluding carboxylic acids is 3. The van der Waals surface area contributed by atoms with Gasteiger partial charge in [0.2, 0.25) is 17.5 Å². The van der Waals surface area contributed by atoms with Gasteiger partial charge in [0.05, 0.1) is 53.2 Å². The number of unbranched alkanes of at least 4 members (excludes halogenated alkanes) is 7. The van der Waals surface area contributed by atoms with Crippen molar-refractivity contribution >= 4 is 74.1 Å². The first-order valence-electron chi connectivity index (χ1n) is 27.3. The van der Waals surface area contributed by atoms with Gasteiger partial charge in [-0.05, 0) is 94.1 Å². The Labute approximate surface area is 447 Å². The van der Waals surface area contributed by atoms with Crippen molar-refractivity contribution in [2.24, 2.45) is 0 Å². The average molecular weight is 1060 g/mol. The van der Waals surface area contributed by atoms with Crippen molar-refractivity contribution in [3.63, 3.8) is 0 Å². The van der Waals surface area contributed by atoms with Crippen molar-refractivity contribution in [3.05, 3.63) is 116 Å². The zero-order chi connectivity index (χ0) is 52.4. The number of aryl methyl sites for hydroxylation is 1.